The number of hydrogen-bond donors (Lipinski definition) is 1. The van der Waals surface area contributed by atoms with Crippen LogP contribution in [0.4, 0.5) is 0 Å². The van der Waals surface area contributed by atoms with Gasteiger partial charge < -0.3 is 5.11 Å². The van der Waals surface area contributed by atoms with Gasteiger partial charge in [-0.3, -0.25) is 4.98 Å². The second kappa shape index (κ2) is 3.35. The van der Waals surface area contributed by atoms with Crippen LogP contribution < -0.4 is 0 Å². The third kappa shape index (κ3) is 1.38. The third-order valence-corrected chi connectivity index (χ3v) is 2.08. The number of nitriles is 1. The molecule has 0 amide bonds. The van der Waals surface area contributed by atoms with Crippen molar-refractivity contribution in [3.05, 3.63) is 36.0 Å². The second-order valence-corrected chi connectivity index (χ2v) is 3.01. The second-order valence-electron chi connectivity index (χ2n) is 3.01. The minimum absolute atomic E-state index is 0.199. The lowest BCUT2D eigenvalue weighted by Crippen LogP contribution is -1.86. The lowest BCUT2D eigenvalue weighted by atomic mass is 10.1. The van der Waals surface area contributed by atoms with E-state index in [1.807, 2.05) is 0 Å². The number of aromatic nitrogens is 1. The van der Waals surface area contributed by atoms with Gasteiger partial charge in [0.1, 0.15) is 5.75 Å². The lowest BCUT2D eigenvalue weighted by Gasteiger charge is -2.02. The Morgan fingerprint density at radius 3 is 3.00 bits per heavy atom. The van der Waals surface area contributed by atoms with Gasteiger partial charge in [-0.25, -0.2) is 0 Å². The van der Waals surface area contributed by atoms with E-state index in [9.17, 15) is 5.11 Å². The van der Waals surface area contributed by atoms with Gasteiger partial charge in [-0.05, 0) is 29.8 Å². The summed E-state index contributed by atoms with van der Waals surface area (Å²) in [5, 5.41) is 18.8. The Morgan fingerprint density at radius 1 is 1.36 bits per heavy atom. The monoisotopic (exact) mass is 184 g/mol. The van der Waals surface area contributed by atoms with Crippen LogP contribution in [-0.2, 0) is 6.42 Å². The molecule has 68 valence electrons. The fourth-order valence-corrected chi connectivity index (χ4v) is 1.43. The highest BCUT2D eigenvalue weighted by molar-refractivity contribution is 5.83. The normalized spacial score (nSPS) is 9.93. The van der Waals surface area contributed by atoms with Crippen LogP contribution in [-0.4, -0.2) is 10.1 Å². The molecule has 0 unspecified atom stereocenters. The molecule has 1 heterocycles. The molecule has 0 fully saturated rings. The summed E-state index contributed by atoms with van der Waals surface area (Å²) in [6, 6.07) is 8.85. The molecule has 0 aliphatic heterocycles. The molecule has 0 radical (unpaired) electrons. The molecular formula is C11H8N2O. The van der Waals surface area contributed by atoms with Gasteiger partial charge in [-0.1, -0.05) is 0 Å². The Morgan fingerprint density at radius 2 is 2.21 bits per heavy atom. The van der Waals surface area contributed by atoms with E-state index in [1.54, 1.807) is 30.5 Å². The van der Waals surface area contributed by atoms with Crippen LogP contribution in [0.25, 0.3) is 10.9 Å². The molecule has 0 atom stereocenters. The first kappa shape index (κ1) is 8.52. The van der Waals surface area contributed by atoms with Crippen LogP contribution in [0, 0.1) is 11.3 Å². The van der Waals surface area contributed by atoms with Gasteiger partial charge in [0.05, 0.1) is 18.0 Å². The van der Waals surface area contributed by atoms with Gasteiger partial charge in [-0.15, -0.1) is 0 Å². The summed E-state index contributed by atoms with van der Waals surface area (Å²) in [6.07, 6.45) is 2.01. The number of nitrogens with zero attached hydrogens (tertiary/aromatic N) is 2. The number of hydrogen-bond acceptors (Lipinski definition) is 3. The van der Waals surface area contributed by atoms with E-state index in [-0.39, 0.29) is 5.75 Å². The number of benzene rings is 1. The van der Waals surface area contributed by atoms with Crippen molar-refractivity contribution in [3.63, 3.8) is 0 Å². The summed E-state index contributed by atoms with van der Waals surface area (Å²) in [5.41, 5.74) is 1.70. The first-order chi connectivity index (χ1) is 6.81. The Balaban J connectivity index is 2.72. The Labute approximate surface area is 81.2 Å². The number of aromatic hydroxyl groups is 1. The zero-order valence-corrected chi connectivity index (χ0v) is 7.44. The van der Waals surface area contributed by atoms with Crippen molar-refractivity contribution in [2.45, 2.75) is 6.42 Å². The van der Waals surface area contributed by atoms with E-state index >= 15 is 0 Å². The third-order valence-electron chi connectivity index (χ3n) is 2.08. The average molecular weight is 184 g/mol. The Bertz CT molecular complexity index is 514. The summed E-state index contributed by atoms with van der Waals surface area (Å²) < 4.78 is 0. The molecule has 14 heavy (non-hydrogen) atoms. The highest BCUT2D eigenvalue weighted by Gasteiger charge is 2.01. The minimum Gasteiger partial charge on any atom is -0.508 e. The van der Waals surface area contributed by atoms with E-state index in [0.29, 0.717) is 6.42 Å². The first-order valence-electron chi connectivity index (χ1n) is 4.25. The molecule has 0 saturated carbocycles. The number of phenols is 1. The average Bonchev–Trinajstić information content (AvgIpc) is 2.19. The van der Waals surface area contributed by atoms with Crippen molar-refractivity contribution < 1.29 is 5.11 Å². The van der Waals surface area contributed by atoms with Crippen LogP contribution in [0.2, 0.25) is 0 Å². The molecule has 1 N–H and O–H groups in total. The molecule has 0 spiro atoms. The molecule has 2 rings (SSSR count). The van der Waals surface area contributed by atoms with E-state index in [2.05, 4.69) is 11.1 Å². The highest BCUT2D eigenvalue weighted by Crippen LogP contribution is 2.21. The standard InChI is InChI=1S/C11H8N2O/c12-5-3-8-4-6-13-11-2-1-9(14)7-10(8)11/h1-2,4,6-7,14H,3H2. The van der Waals surface area contributed by atoms with E-state index in [1.165, 1.54) is 0 Å². The van der Waals surface area contributed by atoms with Crippen LogP contribution in [0.1, 0.15) is 5.56 Å². The molecule has 0 aliphatic rings. The van der Waals surface area contributed by atoms with Crippen LogP contribution >= 0.6 is 0 Å². The molecule has 0 aliphatic carbocycles. The number of fused-ring (bicyclic) bond motifs is 1. The fourth-order valence-electron chi connectivity index (χ4n) is 1.43. The summed E-state index contributed by atoms with van der Waals surface area (Å²) in [7, 11) is 0. The summed E-state index contributed by atoms with van der Waals surface area (Å²) in [5.74, 6) is 0.199. The molecule has 2 aromatic rings. The van der Waals surface area contributed by atoms with Crippen molar-refractivity contribution in [1.29, 1.82) is 5.26 Å². The maximum atomic E-state index is 9.31. The van der Waals surface area contributed by atoms with Gasteiger partial charge in [-0.2, -0.15) is 5.26 Å². The van der Waals surface area contributed by atoms with Gasteiger partial charge in [0.15, 0.2) is 0 Å². The zero-order valence-electron chi connectivity index (χ0n) is 7.44. The molecule has 0 bridgehead atoms. The van der Waals surface area contributed by atoms with E-state index < -0.39 is 0 Å². The molecular weight excluding hydrogens is 176 g/mol. The maximum Gasteiger partial charge on any atom is 0.116 e. The van der Waals surface area contributed by atoms with E-state index in [0.717, 1.165) is 16.5 Å². The largest absolute Gasteiger partial charge is 0.508 e. The molecule has 3 nitrogen and oxygen atoms in total. The summed E-state index contributed by atoms with van der Waals surface area (Å²) in [6.45, 7) is 0. The Kier molecular flexibility index (Phi) is 2.04. The van der Waals surface area contributed by atoms with E-state index in [4.69, 9.17) is 5.26 Å². The molecule has 1 aromatic heterocycles. The number of pyridine rings is 1. The quantitative estimate of drug-likeness (QED) is 0.737. The van der Waals surface area contributed by atoms with Crippen molar-refractivity contribution in [2.75, 3.05) is 0 Å². The van der Waals surface area contributed by atoms with Gasteiger partial charge >= 0.3 is 0 Å². The van der Waals surface area contributed by atoms with Gasteiger partial charge in [0, 0.05) is 11.6 Å². The maximum absolute atomic E-state index is 9.31. The summed E-state index contributed by atoms with van der Waals surface area (Å²) >= 11 is 0. The SMILES string of the molecule is N#CCc1ccnc2ccc(O)cc12. The predicted octanol–water partition coefficient (Wildman–Crippen LogP) is 2.01. The highest BCUT2D eigenvalue weighted by atomic mass is 16.3. The van der Waals surface area contributed by atoms with Crippen molar-refractivity contribution in [1.82, 2.24) is 4.98 Å². The van der Waals surface area contributed by atoms with Crippen molar-refractivity contribution in [2.24, 2.45) is 0 Å². The fraction of sp³-hybridized carbons (Fsp3) is 0.0909. The molecule has 0 saturated heterocycles. The Hall–Kier alpha value is -2.08. The van der Waals surface area contributed by atoms with Crippen molar-refractivity contribution in [3.8, 4) is 11.8 Å². The number of phenolic OH excluding ortho intramolecular Hbond substituents is 1. The first-order valence-corrected chi connectivity index (χ1v) is 4.25. The molecule has 3 heteroatoms. The minimum atomic E-state index is 0.199. The van der Waals surface area contributed by atoms with Crippen LogP contribution in [0.15, 0.2) is 30.5 Å². The van der Waals surface area contributed by atoms with Crippen LogP contribution in [0.3, 0.4) is 0 Å². The van der Waals surface area contributed by atoms with Gasteiger partial charge in [0.25, 0.3) is 0 Å². The summed E-state index contributed by atoms with van der Waals surface area (Å²) in [4.78, 5) is 4.14. The van der Waals surface area contributed by atoms with Crippen molar-refractivity contribution >= 4 is 10.9 Å². The smallest absolute Gasteiger partial charge is 0.116 e. The number of rotatable bonds is 1. The topological polar surface area (TPSA) is 56.9 Å². The zero-order chi connectivity index (χ0) is 9.97. The van der Waals surface area contributed by atoms with Gasteiger partial charge in [0.2, 0.25) is 0 Å². The lowest BCUT2D eigenvalue weighted by molar-refractivity contribution is 0.476. The van der Waals surface area contributed by atoms with Crippen LogP contribution in [0.5, 0.6) is 5.75 Å². The predicted molar refractivity (Wildman–Crippen MR) is 52.7 cm³/mol. The molecule has 1 aromatic carbocycles.